The zero-order chi connectivity index (χ0) is 17.5. The van der Waals surface area contributed by atoms with Gasteiger partial charge < -0.3 is 19.5 Å². The lowest BCUT2D eigenvalue weighted by Gasteiger charge is -2.36. The molecule has 0 saturated carbocycles. The van der Waals surface area contributed by atoms with Crippen LogP contribution in [0.4, 0.5) is 0 Å². The lowest BCUT2D eigenvalue weighted by atomic mass is 9.94. The number of ether oxygens (including phenoxy) is 3. The maximum atomic E-state index is 5.69. The van der Waals surface area contributed by atoms with Gasteiger partial charge in [0.2, 0.25) is 0 Å². The quantitative estimate of drug-likeness (QED) is 0.705. The number of methoxy groups -OCH3 is 3. The number of hydrogen-bond acceptors (Lipinski definition) is 5. The fourth-order valence-corrected chi connectivity index (χ4v) is 3.33. The molecule has 1 aromatic rings. The van der Waals surface area contributed by atoms with Gasteiger partial charge in [0.25, 0.3) is 0 Å². The van der Waals surface area contributed by atoms with E-state index in [1.54, 1.807) is 21.3 Å². The molecule has 1 aliphatic heterocycles. The van der Waals surface area contributed by atoms with Crippen molar-refractivity contribution < 1.29 is 14.2 Å². The van der Waals surface area contributed by atoms with E-state index in [2.05, 4.69) is 30.1 Å². The first-order valence-corrected chi connectivity index (χ1v) is 8.85. The highest BCUT2D eigenvalue weighted by atomic mass is 35.5. The van der Waals surface area contributed by atoms with Gasteiger partial charge >= 0.3 is 0 Å². The first-order chi connectivity index (χ1) is 11.6. The molecule has 1 aliphatic rings. The Morgan fingerprint density at radius 3 is 1.92 bits per heavy atom. The molecule has 0 aromatic heterocycles. The minimum atomic E-state index is 0. The van der Waals surface area contributed by atoms with Crippen LogP contribution in [0.25, 0.3) is 0 Å². The maximum Gasteiger partial charge on any atom is 0.164 e. The van der Waals surface area contributed by atoms with Crippen molar-refractivity contribution >= 4 is 24.8 Å². The van der Waals surface area contributed by atoms with E-state index in [0.717, 1.165) is 44.1 Å². The van der Waals surface area contributed by atoms with Crippen LogP contribution in [0.3, 0.4) is 0 Å². The summed E-state index contributed by atoms with van der Waals surface area (Å²) in [6.07, 6.45) is 2.30. The molecule has 0 radical (unpaired) electrons. The van der Waals surface area contributed by atoms with Gasteiger partial charge in [0.05, 0.1) is 21.3 Å². The van der Waals surface area contributed by atoms with Crippen molar-refractivity contribution in [2.24, 2.45) is 5.92 Å². The number of piperazine rings is 1. The van der Waals surface area contributed by atoms with Crippen LogP contribution in [0.5, 0.6) is 17.2 Å². The molecule has 1 fully saturated rings. The smallest absolute Gasteiger partial charge is 0.164 e. The van der Waals surface area contributed by atoms with Crippen molar-refractivity contribution in [1.29, 1.82) is 0 Å². The van der Waals surface area contributed by atoms with Crippen LogP contribution in [0.2, 0.25) is 0 Å². The summed E-state index contributed by atoms with van der Waals surface area (Å²) in [4.78, 5) is 2.56. The second-order valence-corrected chi connectivity index (χ2v) is 6.72. The van der Waals surface area contributed by atoms with Crippen LogP contribution in [-0.4, -0.2) is 52.4 Å². The number of rotatable bonds is 8. The van der Waals surface area contributed by atoms with Gasteiger partial charge in [-0.2, -0.15) is 0 Å². The summed E-state index contributed by atoms with van der Waals surface area (Å²) in [5.74, 6) is 3.03. The zero-order valence-electron chi connectivity index (χ0n) is 16.5. The second kappa shape index (κ2) is 12.5. The molecule has 0 unspecified atom stereocenters. The SMILES string of the molecule is COc1cc(OC)c([C@H](CCC(C)C)N2CCNCC2)cc1OC.Cl.Cl. The Balaban J connectivity index is 0.00000312. The summed E-state index contributed by atoms with van der Waals surface area (Å²) in [5, 5.41) is 3.44. The number of halogens is 2. The van der Waals surface area contributed by atoms with E-state index in [1.165, 1.54) is 12.0 Å². The maximum absolute atomic E-state index is 5.69. The molecule has 0 amide bonds. The summed E-state index contributed by atoms with van der Waals surface area (Å²) >= 11 is 0. The summed E-state index contributed by atoms with van der Waals surface area (Å²) in [6.45, 7) is 8.74. The molecule has 7 heteroatoms. The third kappa shape index (κ3) is 6.38. The lowest BCUT2D eigenvalue weighted by Crippen LogP contribution is -2.45. The monoisotopic (exact) mass is 408 g/mol. The van der Waals surface area contributed by atoms with Gasteiger partial charge in [0.15, 0.2) is 11.5 Å². The Hall–Kier alpha value is -0.880. The van der Waals surface area contributed by atoms with Crippen LogP contribution >= 0.6 is 24.8 Å². The first-order valence-electron chi connectivity index (χ1n) is 8.85. The Morgan fingerprint density at radius 1 is 0.885 bits per heavy atom. The largest absolute Gasteiger partial charge is 0.496 e. The summed E-state index contributed by atoms with van der Waals surface area (Å²) in [5.41, 5.74) is 1.19. The fraction of sp³-hybridized carbons (Fsp3) is 0.684. The number of nitrogens with zero attached hydrogens (tertiary/aromatic N) is 1. The molecular weight excluding hydrogens is 375 g/mol. The molecule has 0 aliphatic carbocycles. The van der Waals surface area contributed by atoms with Crippen LogP contribution in [0, 0.1) is 5.92 Å². The van der Waals surface area contributed by atoms with Crippen LogP contribution in [-0.2, 0) is 0 Å². The van der Waals surface area contributed by atoms with Crippen molar-refractivity contribution in [1.82, 2.24) is 10.2 Å². The molecule has 0 spiro atoms. The first kappa shape index (κ1) is 25.1. The van der Waals surface area contributed by atoms with E-state index in [-0.39, 0.29) is 24.8 Å². The van der Waals surface area contributed by atoms with Crippen molar-refractivity contribution in [3.63, 3.8) is 0 Å². The summed E-state index contributed by atoms with van der Waals surface area (Å²) in [7, 11) is 5.06. The minimum absolute atomic E-state index is 0. The molecule has 26 heavy (non-hydrogen) atoms. The van der Waals surface area contributed by atoms with Crippen molar-refractivity contribution in [3.8, 4) is 17.2 Å². The number of hydrogen-bond donors (Lipinski definition) is 1. The average molecular weight is 409 g/mol. The van der Waals surface area contributed by atoms with Gasteiger partial charge in [-0.3, -0.25) is 4.90 Å². The molecule has 0 bridgehead atoms. The van der Waals surface area contributed by atoms with Gasteiger partial charge in [-0.15, -0.1) is 24.8 Å². The highest BCUT2D eigenvalue weighted by Gasteiger charge is 2.26. The molecule has 5 nitrogen and oxygen atoms in total. The van der Waals surface area contributed by atoms with Gasteiger partial charge in [-0.1, -0.05) is 13.8 Å². The molecule has 1 atom stereocenters. The van der Waals surface area contributed by atoms with E-state index < -0.39 is 0 Å². The Morgan fingerprint density at radius 2 is 1.42 bits per heavy atom. The number of benzene rings is 1. The van der Waals surface area contributed by atoms with Crippen molar-refractivity contribution in [2.75, 3.05) is 47.5 Å². The van der Waals surface area contributed by atoms with E-state index in [1.807, 2.05) is 6.07 Å². The predicted octanol–water partition coefficient (Wildman–Crippen LogP) is 3.94. The van der Waals surface area contributed by atoms with Gasteiger partial charge in [0, 0.05) is 43.9 Å². The molecular formula is C19H34Cl2N2O3. The zero-order valence-corrected chi connectivity index (χ0v) is 18.2. The fourth-order valence-electron chi connectivity index (χ4n) is 3.33. The highest BCUT2D eigenvalue weighted by molar-refractivity contribution is 5.85. The Kier molecular flexibility index (Phi) is 12.1. The van der Waals surface area contributed by atoms with Crippen LogP contribution < -0.4 is 19.5 Å². The normalized spacial score (nSPS) is 15.6. The topological polar surface area (TPSA) is 43.0 Å². The standard InChI is InChI=1S/C19H32N2O3.2ClH/c1-14(2)6-7-16(21-10-8-20-9-11-21)15-12-18(23-4)19(24-5)13-17(15)22-3;;/h12-14,16,20H,6-11H2,1-5H3;2*1H/t16-;;/m0../s1. The van der Waals surface area contributed by atoms with Gasteiger partial charge in [-0.05, 0) is 24.8 Å². The molecule has 1 N–H and O–H groups in total. The molecule has 152 valence electrons. The molecule has 1 heterocycles. The van der Waals surface area contributed by atoms with Gasteiger partial charge in [-0.25, -0.2) is 0 Å². The van der Waals surface area contributed by atoms with E-state index in [9.17, 15) is 0 Å². The van der Waals surface area contributed by atoms with E-state index in [0.29, 0.717) is 17.7 Å². The van der Waals surface area contributed by atoms with Crippen molar-refractivity contribution in [3.05, 3.63) is 17.7 Å². The van der Waals surface area contributed by atoms with Crippen molar-refractivity contribution in [2.45, 2.75) is 32.7 Å². The summed E-state index contributed by atoms with van der Waals surface area (Å²) < 4.78 is 16.6. The number of nitrogens with one attached hydrogen (secondary N) is 1. The third-order valence-electron chi connectivity index (χ3n) is 4.70. The molecule has 1 saturated heterocycles. The Labute approximate surface area is 170 Å². The molecule has 1 aromatic carbocycles. The average Bonchev–Trinajstić information content (AvgIpc) is 2.61. The van der Waals surface area contributed by atoms with E-state index >= 15 is 0 Å². The lowest BCUT2D eigenvalue weighted by molar-refractivity contribution is 0.156. The van der Waals surface area contributed by atoms with E-state index in [4.69, 9.17) is 14.2 Å². The van der Waals surface area contributed by atoms with Crippen LogP contribution in [0.1, 0.15) is 38.3 Å². The third-order valence-corrected chi connectivity index (χ3v) is 4.70. The second-order valence-electron chi connectivity index (χ2n) is 6.72. The molecule has 2 rings (SSSR count). The van der Waals surface area contributed by atoms with Gasteiger partial charge in [0.1, 0.15) is 5.75 Å². The highest BCUT2D eigenvalue weighted by Crippen LogP contribution is 2.41. The minimum Gasteiger partial charge on any atom is -0.496 e. The predicted molar refractivity (Wildman–Crippen MR) is 112 cm³/mol. The Bertz CT molecular complexity index is 524. The van der Waals surface area contributed by atoms with Crippen LogP contribution in [0.15, 0.2) is 12.1 Å². The summed E-state index contributed by atoms with van der Waals surface area (Å²) in [6, 6.07) is 4.37.